The van der Waals surface area contributed by atoms with Gasteiger partial charge in [-0.1, -0.05) is 12.2 Å². The second-order valence-corrected chi connectivity index (χ2v) is 16.5. The average Bonchev–Trinajstić information content (AvgIpc) is 4.09. The fourth-order valence-corrected chi connectivity index (χ4v) is 8.18. The van der Waals surface area contributed by atoms with Crippen molar-refractivity contribution in [3.05, 3.63) is 88.2 Å². The molecule has 4 amide bonds. The molecular weight excluding hydrogens is 937 g/mol. The van der Waals surface area contributed by atoms with E-state index in [1.807, 2.05) is 0 Å². The van der Waals surface area contributed by atoms with Crippen molar-refractivity contribution in [1.29, 1.82) is 0 Å². The van der Waals surface area contributed by atoms with Crippen LogP contribution < -0.4 is 26.8 Å². The van der Waals surface area contributed by atoms with E-state index in [4.69, 9.17) is 25.4 Å². The molecule has 0 radical (unpaired) electrons. The first-order chi connectivity index (χ1) is 33.1. The number of nitrogens with zero attached hydrogens (tertiary/aromatic N) is 9. The Morgan fingerprint density at radius 3 is 1.81 bits per heavy atom. The monoisotopic (exact) mass is 981 g/mol. The summed E-state index contributed by atoms with van der Waals surface area (Å²) in [7, 11) is 0. The largest absolute Gasteiger partial charge is 0.491 e. The molecule has 0 spiro atoms. The van der Waals surface area contributed by atoms with E-state index in [0.717, 1.165) is 13.1 Å². The van der Waals surface area contributed by atoms with Gasteiger partial charge in [0.25, 0.3) is 17.7 Å². The molecule has 0 aliphatic carbocycles. The maximum Gasteiger partial charge on any atom is 0.408 e. The number of amides is 4. The summed E-state index contributed by atoms with van der Waals surface area (Å²) >= 11 is 0. The van der Waals surface area contributed by atoms with Gasteiger partial charge in [-0.3, -0.25) is 44.1 Å². The number of imidazole rings is 2. The molecule has 1 aliphatic heterocycles. The maximum absolute atomic E-state index is 13.8. The number of morpholine rings is 1. The van der Waals surface area contributed by atoms with Gasteiger partial charge >= 0.3 is 12.4 Å². The van der Waals surface area contributed by atoms with Crippen molar-refractivity contribution in [1.82, 2.24) is 43.6 Å². The van der Waals surface area contributed by atoms with Crippen molar-refractivity contribution in [2.75, 3.05) is 50.1 Å². The van der Waals surface area contributed by atoms with Crippen LogP contribution in [0.3, 0.4) is 0 Å². The molecular formula is C44H45F6N13O7. The molecule has 5 aromatic heterocycles. The van der Waals surface area contributed by atoms with Gasteiger partial charge in [0.05, 0.1) is 53.3 Å². The number of alkyl halides is 6. The van der Waals surface area contributed by atoms with Crippen LogP contribution in [0.25, 0.3) is 33.0 Å². The SMILES string of the molecule is Cc1cc(C(=O)Nc2nc3cc(C(N)=O)cc(OCCCN4CCOCC4)c3n2C/C=C/Cn2c(NC(=O)c3cc(C)nn3CC(F)(F)F)nc3cc(C(N)=O)c4oc(C)cc4c32)n(CC(F)(F)F)n1. The standard InChI is InChI=1S/C44H45F6N13O7/c1-23-15-31(62(57-23)21-43(45,46)47)39(66)55-41-54-30-20-28(38(52)65)36-27(17-25(3)70-36)34(30)60(41)8-4-5-9-61-35-29(53-42(61)56-40(67)32-16-24(2)58-63(32)22-44(48,49)50)18-26(37(51)64)19-33(35)69-12-6-7-59-10-13-68-14-11-59/h4-5,15-20H,6-14,21-22H2,1-3H3,(H2,51,64)(H2,52,65)(H,53,56,67)(H,54,55,66)/b5-4+. The quantitative estimate of drug-likeness (QED) is 0.0492. The molecule has 26 heteroatoms. The predicted octanol–water partition coefficient (Wildman–Crippen LogP) is 5.63. The van der Waals surface area contributed by atoms with Crippen LogP contribution in [0.2, 0.25) is 0 Å². The zero-order chi connectivity index (χ0) is 50.2. The summed E-state index contributed by atoms with van der Waals surface area (Å²) in [6.07, 6.45) is -5.62. The first-order valence-electron chi connectivity index (χ1n) is 21.6. The van der Waals surface area contributed by atoms with E-state index in [-0.39, 0.29) is 82.0 Å². The number of furan rings is 1. The number of carbonyl (C=O) groups is 4. The third-order valence-corrected chi connectivity index (χ3v) is 11.1. The summed E-state index contributed by atoms with van der Waals surface area (Å²) in [6, 6.07) is 8.14. The highest BCUT2D eigenvalue weighted by Gasteiger charge is 2.33. The third kappa shape index (κ3) is 10.8. The molecule has 0 unspecified atom stereocenters. The number of hydrogen-bond donors (Lipinski definition) is 4. The average molecular weight is 982 g/mol. The minimum Gasteiger partial charge on any atom is -0.491 e. The summed E-state index contributed by atoms with van der Waals surface area (Å²) in [6.45, 7) is 4.66. The molecule has 20 nitrogen and oxygen atoms in total. The second kappa shape index (κ2) is 19.3. The summed E-state index contributed by atoms with van der Waals surface area (Å²) in [5.41, 5.74) is 11.9. The number of carbonyl (C=O) groups excluding carboxylic acids is 4. The molecule has 7 aromatic rings. The van der Waals surface area contributed by atoms with E-state index >= 15 is 0 Å². The number of nitrogens with two attached hydrogens (primary N) is 2. The third-order valence-electron chi connectivity index (χ3n) is 11.1. The van der Waals surface area contributed by atoms with E-state index in [2.05, 4.69) is 35.7 Å². The lowest BCUT2D eigenvalue weighted by atomic mass is 10.1. The van der Waals surface area contributed by atoms with Crippen LogP contribution in [0.15, 0.2) is 53.0 Å². The van der Waals surface area contributed by atoms with Crippen LogP contribution in [0, 0.1) is 20.8 Å². The van der Waals surface area contributed by atoms with Gasteiger partial charge in [0.2, 0.25) is 17.8 Å². The highest BCUT2D eigenvalue weighted by Crippen LogP contribution is 2.35. The lowest BCUT2D eigenvalue weighted by molar-refractivity contribution is -0.143. The van der Waals surface area contributed by atoms with Gasteiger partial charge in [0, 0.05) is 43.7 Å². The van der Waals surface area contributed by atoms with Gasteiger partial charge < -0.3 is 34.5 Å². The van der Waals surface area contributed by atoms with Gasteiger partial charge in [0.15, 0.2) is 0 Å². The van der Waals surface area contributed by atoms with Gasteiger partial charge in [-0.05, 0) is 63.6 Å². The number of primary amides is 2. The number of benzene rings is 2. The lowest BCUT2D eigenvalue weighted by Crippen LogP contribution is -2.37. The predicted molar refractivity (Wildman–Crippen MR) is 239 cm³/mol. The summed E-state index contributed by atoms with van der Waals surface area (Å²) in [5, 5.41) is 13.2. The second-order valence-electron chi connectivity index (χ2n) is 16.5. The Kier molecular flexibility index (Phi) is 13.5. The Bertz CT molecular complexity index is 3190. The van der Waals surface area contributed by atoms with Crippen LogP contribution in [0.1, 0.15) is 65.3 Å². The lowest BCUT2D eigenvalue weighted by Gasteiger charge is -2.26. The highest BCUT2D eigenvalue weighted by atomic mass is 19.4. The molecule has 370 valence electrons. The number of anilines is 2. The van der Waals surface area contributed by atoms with E-state index in [1.165, 1.54) is 53.3 Å². The molecule has 1 fully saturated rings. The number of fused-ring (bicyclic) bond motifs is 4. The normalized spacial score (nSPS) is 13.8. The van der Waals surface area contributed by atoms with Crippen molar-refractivity contribution in [2.45, 2.75) is 65.7 Å². The van der Waals surface area contributed by atoms with Crippen molar-refractivity contribution in [3.8, 4) is 5.75 Å². The van der Waals surface area contributed by atoms with Crippen LogP contribution in [0.5, 0.6) is 5.75 Å². The molecule has 6 N–H and O–H groups in total. The molecule has 6 heterocycles. The van der Waals surface area contributed by atoms with E-state index in [9.17, 15) is 45.5 Å². The van der Waals surface area contributed by atoms with E-state index in [1.54, 1.807) is 25.1 Å². The topological polar surface area (TPSA) is 250 Å². The van der Waals surface area contributed by atoms with Crippen LogP contribution >= 0.6 is 0 Å². The maximum atomic E-state index is 13.8. The van der Waals surface area contributed by atoms with Crippen LogP contribution in [0.4, 0.5) is 38.2 Å². The van der Waals surface area contributed by atoms with Crippen molar-refractivity contribution < 1.29 is 59.4 Å². The molecule has 0 atom stereocenters. The number of hydrogen-bond acceptors (Lipinski definition) is 12. The Balaban J connectivity index is 1.18. The zero-order valence-electron chi connectivity index (χ0n) is 37.7. The van der Waals surface area contributed by atoms with Gasteiger partial charge in [0.1, 0.15) is 47.1 Å². The minimum atomic E-state index is -4.71. The van der Waals surface area contributed by atoms with Gasteiger partial charge in [-0.25, -0.2) is 9.97 Å². The Labute approximate surface area is 392 Å². The van der Waals surface area contributed by atoms with Crippen molar-refractivity contribution in [3.63, 3.8) is 0 Å². The van der Waals surface area contributed by atoms with Crippen molar-refractivity contribution in [2.24, 2.45) is 11.5 Å². The fourth-order valence-electron chi connectivity index (χ4n) is 8.18. The number of allylic oxidation sites excluding steroid dienone is 2. The van der Waals surface area contributed by atoms with Gasteiger partial charge in [-0.2, -0.15) is 36.5 Å². The smallest absolute Gasteiger partial charge is 0.408 e. The van der Waals surface area contributed by atoms with Crippen molar-refractivity contribution >= 4 is 68.6 Å². The van der Waals surface area contributed by atoms with E-state index < -0.39 is 60.5 Å². The summed E-state index contributed by atoms with van der Waals surface area (Å²) in [4.78, 5) is 64.0. The Morgan fingerprint density at radius 2 is 1.29 bits per heavy atom. The summed E-state index contributed by atoms with van der Waals surface area (Å²) in [5.74, 6) is -3.39. The molecule has 1 saturated heterocycles. The first kappa shape index (κ1) is 48.7. The fraction of sp³-hybridized carbons (Fsp3) is 0.364. The number of aromatic nitrogens is 8. The van der Waals surface area contributed by atoms with Crippen LogP contribution in [-0.4, -0.2) is 119 Å². The Morgan fingerprint density at radius 1 is 0.743 bits per heavy atom. The molecule has 8 rings (SSSR count). The molecule has 1 aliphatic rings. The summed E-state index contributed by atoms with van der Waals surface area (Å²) < 4.78 is 103. The first-order valence-corrected chi connectivity index (χ1v) is 21.6. The number of ether oxygens (including phenoxy) is 2. The number of rotatable bonds is 17. The molecule has 2 aromatic carbocycles. The number of nitrogens with one attached hydrogen (secondary N) is 2. The van der Waals surface area contributed by atoms with Gasteiger partial charge in [-0.15, -0.1) is 0 Å². The number of halogens is 6. The highest BCUT2D eigenvalue weighted by molar-refractivity contribution is 6.14. The molecule has 0 bridgehead atoms. The number of aryl methyl sites for hydroxylation is 3. The minimum absolute atomic E-state index is 0.0195. The van der Waals surface area contributed by atoms with E-state index in [0.29, 0.717) is 52.2 Å². The molecule has 0 saturated carbocycles. The Hall–Kier alpha value is -7.74. The zero-order valence-corrected chi connectivity index (χ0v) is 37.7. The molecule has 70 heavy (non-hydrogen) atoms. The van der Waals surface area contributed by atoms with Crippen LogP contribution in [-0.2, 0) is 30.9 Å².